The van der Waals surface area contributed by atoms with Crippen LogP contribution in [-0.4, -0.2) is 11.2 Å². The Kier molecular flexibility index (Phi) is 6.35. The lowest BCUT2D eigenvalue weighted by Crippen LogP contribution is -2.50. The highest BCUT2D eigenvalue weighted by Gasteiger charge is 2.58. The molecule has 9 atom stereocenters. The van der Waals surface area contributed by atoms with Gasteiger partial charge in [-0.1, -0.05) is 65.3 Å². The van der Waals surface area contributed by atoms with Crippen molar-refractivity contribution in [3.63, 3.8) is 0 Å². The van der Waals surface area contributed by atoms with Crippen molar-refractivity contribution in [3.05, 3.63) is 23.8 Å². The van der Waals surface area contributed by atoms with Gasteiger partial charge in [-0.2, -0.15) is 0 Å². The molecule has 0 unspecified atom stereocenters. The smallest absolute Gasteiger partial charge is 0.0577 e. The first-order valence-electron chi connectivity index (χ1n) is 13.3. The largest absolute Gasteiger partial charge is 0.393 e. The molecule has 1 heteroatoms. The van der Waals surface area contributed by atoms with E-state index in [1.165, 1.54) is 44.9 Å². The summed E-state index contributed by atoms with van der Waals surface area (Å²) in [7, 11) is 0. The highest BCUT2D eigenvalue weighted by atomic mass is 16.3. The van der Waals surface area contributed by atoms with Crippen LogP contribution in [0.2, 0.25) is 0 Å². The van der Waals surface area contributed by atoms with Crippen LogP contribution in [0.15, 0.2) is 23.8 Å². The normalized spacial score (nSPS) is 45.6. The number of fused-ring (bicyclic) bond motifs is 5. The Balaban J connectivity index is 1.52. The minimum Gasteiger partial charge on any atom is -0.393 e. The maximum absolute atomic E-state index is 10.2. The zero-order valence-corrected chi connectivity index (χ0v) is 20.7. The fraction of sp³-hybridized carbons (Fsp3) is 0.862. The van der Waals surface area contributed by atoms with E-state index in [0.717, 1.165) is 48.3 Å². The average Bonchev–Trinajstić information content (AvgIpc) is 3.06. The van der Waals surface area contributed by atoms with Crippen molar-refractivity contribution in [2.75, 3.05) is 0 Å². The van der Waals surface area contributed by atoms with Crippen molar-refractivity contribution in [3.8, 4) is 0 Å². The molecule has 0 amide bonds. The summed E-state index contributed by atoms with van der Waals surface area (Å²) >= 11 is 0. The van der Waals surface area contributed by atoms with Crippen LogP contribution in [0.4, 0.5) is 0 Å². The van der Waals surface area contributed by atoms with Crippen molar-refractivity contribution in [2.24, 2.45) is 52.3 Å². The van der Waals surface area contributed by atoms with E-state index in [4.69, 9.17) is 0 Å². The van der Waals surface area contributed by atoms with Gasteiger partial charge in [0.2, 0.25) is 0 Å². The summed E-state index contributed by atoms with van der Waals surface area (Å²) in [6, 6.07) is 0. The molecule has 4 aliphatic rings. The van der Waals surface area contributed by atoms with Crippen LogP contribution in [-0.2, 0) is 0 Å². The minimum atomic E-state index is -0.0870. The van der Waals surface area contributed by atoms with E-state index in [2.05, 4.69) is 59.8 Å². The fourth-order valence-corrected chi connectivity index (χ4v) is 8.83. The van der Waals surface area contributed by atoms with Gasteiger partial charge in [0.25, 0.3) is 0 Å². The molecule has 170 valence electrons. The van der Waals surface area contributed by atoms with Crippen LogP contribution in [0, 0.1) is 52.3 Å². The van der Waals surface area contributed by atoms with E-state index in [9.17, 15) is 5.11 Å². The van der Waals surface area contributed by atoms with E-state index in [1.807, 2.05) is 0 Å². The molecule has 0 bridgehead atoms. The summed E-state index contributed by atoms with van der Waals surface area (Å²) in [5.41, 5.74) is 2.51. The highest BCUT2D eigenvalue weighted by molar-refractivity contribution is 5.25. The van der Waals surface area contributed by atoms with Crippen molar-refractivity contribution in [1.82, 2.24) is 0 Å². The predicted molar refractivity (Wildman–Crippen MR) is 128 cm³/mol. The Hall–Kier alpha value is -0.560. The zero-order valence-electron chi connectivity index (χ0n) is 20.7. The summed E-state index contributed by atoms with van der Waals surface area (Å²) in [6.07, 6.45) is 19.1. The van der Waals surface area contributed by atoms with E-state index < -0.39 is 0 Å². The minimum absolute atomic E-state index is 0.0870. The molecule has 0 spiro atoms. The zero-order chi connectivity index (χ0) is 21.7. The number of hydrogen-bond donors (Lipinski definition) is 1. The molecule has 4 aliphatic carbocycles. The summed E-state index contributed by atoms with van der Waals surface area (Å²) < 4.78 is 0. The summed E-state index contributed by atoms with van der Waals surface area (Å²) in [5, 5.41) is 10.2. The van der Waals surface area contributed by atoms with Crippen molar-refractivity contribution >= 4 is 0 Å². The third-order valence-corrected chi connectivity index (χ3v) is 10.8. The van der Waals surface area contributed by atoms with E-state index in [1.54, 1.807) is 5.57 Å². The van der Waals surface area contributed by atoms with Crippen molar-refractivity contribution < 1.29 is 5.11 Å². The van der Waals surface area contributed by atoms with Gasteiger partial charge in [0.1, 0.15) is 0 Å². The van der Waals surface area contributed by atoms with Crippen LogP contribution in [0.1, 0.15) is 99.3 Å². The SMILES string of the molecule is CC[C@H](/C=C/[C@H](C)[C@@H]1CC[C@@H]2[C@@H]3CC=C4C[C@@H](O)CC[C@]4(C)[C@H]3CC[C@@]21C)C(C)C. The van der Waals surface area contributed by atoms with Gasteiger partial charge in [0, 0.05) is 0 Å². The Morgan fingerprint density at radius 1 is 1.03 bits per heavy atom. The number of aliphatic hydroxyl groups is 1. The Labute approximate surface area is 186 Å². The molecule has 1 nitrogen and oxygen atoms in total. The molecule has 0 radical (unpaired) electrons. The molecule has 4 rings (SSSR count). The lowest BCUT2D eigenvalue weighted by molar-refractivity contribution is -0.0540. The Morgan fingerprint density at radius 2 is 1.80 bits per heavy atom. The highest BCUT2D eigenvalue weighted by Crippen LogP contribution is 2.67. The number of allylic oxidation sites excluding steroid dienone is 3. The predicted octanol–water partition coefficient (Wildman–Crippen LogP) is 7.80. The molecule has 0 aromatic rings. The quantitative estimate of drug-likeness (QED) is 0.457. The molecular formula is C29H48O. The molecular weight excluding hydrogens is 364 g/mol. The average molecular weight is 413 g/mol. The second kappa shape index (κ2) is 8.42. The van der Waals surface area contributed by atoms with Gasteiger partial charge in [-0.05, 0) is 110 Å². The third kappa shape index (κ3) is 3.66. The first-order valence-corrected chi connectivity index (χ1v) is 13.3. The fourth-order valence-electron chi connectivity index (χ4n) is 8.83. The summed E-state index contributed by atoms with van der Waals surface area (Å²) in [5.74, 6) is 5.70. The van der Waals surface area contributed by atoms with Crippen LogP contribution < -0.4 is 0 Å². The van der Waals surface area contributed by atoms with Crippen molar-refractivity contribution in [1.29, 1.82) is 0 Å². The third-order valence-electron chi connectivity index (χ3n) is 10.8. The van der Waals surface area contributed by atoms with Gasteiger partial charge in [0.05, 0.1) is 6.10 Å². The van der Waals surface area contributed by atoms with Crippen LogP contribution in [0.3, 0.4) is 0 Å². The number of hydrogen-bond acceptors (Lipinski definition) is 1. The second-order valence-electron chi connectivity index (χ2n) is 12.4. The lowest BCUT2D eigenvalue weighted by atomic mass is 9.47. The molecule has 0 aromatic carbocycles. The second-order valence-corrected chi connectivity index (χ2v) is 12.4. The van der Waals surface area contributed by atoms with Gasteiger partial charge >= 0.3 is 0 Å². The number of aliphatic hydroxyl groups excluding tert-OH is 1. The summed E-state index contributed by atoms with van der Waals surface area (Å²) in [6.45, 7) is 14.8. The van der Waals surface area contributed by atoms with Gasteiger partial charge in [-0.15, -0.1) is 0 Å². The van der Waals surface area contributed by atoms with Gasteiger partial charge in [0.15, 0.2) is 0 Å². The first-order chi connectivity index (χ1) is 14.2. The Morgan fingerprint density at radius 3 is 2.50 bits per heavy atom. The van der Waals surface area contributed by atoms with E-state index in [0.29, 0.717) is 16.7 Å². The molecule has 0 saturated heterocycles. The molecule has 0 heterocycles. The standard InChI is InChI=1S/C29H48O/c1-7-21(19(2)3)9-8-20(4)25-12-13-26-24-11-10-22-18-23(30)14-16-28(22,5)27(24)15-17-29(25,26)6/h8-10,19-21,23-27,30H,7,11-18H2,1-6H3/b9-8+/t20-,21+,23-,24-,25-,26+,27-,28-,29+/m0/s1. The van der Waals surface area contributed by atoms with Crippen LogP contribution >= 0.6 is 0 Å². The number of rotatable bonds is 5. The van der Waals surface area contributed by atoms with Crippen molar-refractivity contribution in [2.45, 2.75) is 105 Å². The maximum atomic E-state index is 10.2. The molecule has 1 N–H and O–H groups in total. The molecule has 0 aliphatic heterocycles. The molecule has 0 aromatic heterocycles. The monoisotopic (exact) mass is 412 g/mol. The topological polar surface area (TPSA) is 20.2 Å². The molecule has 3 fully saturated rings. The lowest BCUT2D eigenvalue weighted by Gasteiger charge is -2.58. The molecule has 3 saturated carbocycles. The Bertz CT molecular complexity index is 674. The maximum Gasteiger partial charge on any atom is 0.0577 e. The van der Waals surface area contributed by atoms with Crippen LogP contribution in [0.25, 0.3) is 0 Å². The van der Waals surface area contributed by atoms with Gasteiger partial charge in [-0.25, -0.2) is 0 Å². The van der Waals surface area contributed by atoms with E-state index in [-0.39, 0.29) is 6.10 Å². The molecule has 30 heavy (non-hydrogen) atoms. The van der Waals surface area contributed by atoms with Gasteiger partial charge in [-0.3, -0.25) is 0 Å². The van der Waals surface area contributed by atoms with Gasteiger partial charge < -0.3 is 5.11 Å². The first kappa shape index (κ1) is 22.6. The van der Waals surface area contributed by atoms with E-state index >= 15 is 0 Å². The summed E-state index contributed by atoms with van der Waals surface area (Å²) in [4.78, 5) is 0. The van der Waals surface area contributed by atoms with Crippen LogP contribution in [0.5, 0.6) is 0 Å².